The molecule has 0 atom stereocenters. The second-order valence-corrected chi connectivity index (χ2v) is 2.30. The van der Waals surface area contributed by atoms with Crippen molar-refractivity contribution in [1.29, 1.82) is 0 Å². The summed E-state index contributed by atoms with van der Waals surface area (Å²) in [6, 6.07) is 0. The van der Waals surface area contributed by atoms with Crippen LogP contribution in [0, 0.1) is 0 Å². The van der Waals surface area contributed by atoms with Gasteiger partial charge in [-0.1, -0.05) is 6.92 Å². The quantitative estimate of drug-likeness (QED) is 0.497. The molecule has 0 N–H and O–H groups in total. The maximum absolute atomic E-state index is 11.0. The van der Waals surface area contributed by atoms with Crippen molar-refractivity contribution in [2.45, 2.75) is 39.3 Å². The standard InChI is InChI=1S/C3H5F3.C3H6F2/c1-2-3(4,5)6;1-3(2,4)5/h2H2,1H3;1-2H3. The van der Waals surface area contributed by atoms with Gasteiger partial charge in [0.25, 0.3) is 0 Å². The lowest BCUT2D eigenvalue weighted by Gasteiger charge is -1.96. The largest absolute Gasteiger partial charge is 0.388 e. The molecule has 0 unspecified atom stereocenters. The van der Waals surface area contributed by atoms with Crippen LogP contribution in [-0.2, 0) is 0 Å². The summed E-state index contributed by atoms with van der Waals surface area (Å²) in [4.78, 5) is 0. The molecule has 0 nitrogen and oxygen atoms in total. The van der Waals surface area contributed by atoms with Gasteiger partial charge in [-0.2, -0.15) is 13.2 Å². The SMILES string of the molecule is CC(C)(F)F.CCC(F)(F)F. The van der Waals surface area contributed by atoms with Crippen LogP contribution in [0.4, 0.5) is 22.0 Å². The smallest absolute Gasteiger partial charge is 0.208 e. The molecule has 0 saturated heterocycles. The molecule has 0 aromatic rings. The van der Waals surface area contributed by atoms with Gasteiger partial charge in [0.05, 0.1) is 0 Å². The van der Waals surface area contributed by atoms with Gasteiger partial charge in [-0.25, -0.2) is 8.78 Å². The molecule has 0 radical (unpaired) electrons. The Morgan fingerprint density at radius 2 is 1.00 bits per heavy atom. The van der Waals surface area contributed by atoms with Crippen molar-refractivity contribution in [2.75, 3.05) is 0 Å². The minimum Gasteiger partial charge on any atom is -0.208 e. The van der Waals surface area contributed by atoms with Gasteiger partial charge in [0, 0.05) is 6.42 Å². The molecule has 0 fully saturated rings. The molecule has 0 rings (SSSR count). The minimum atomic E-state index is -3.96. The Bertz CT molecular complexity index is 82.1. The van der Waals surface area contributed by atoms with Gasteiger partial charge >= 0.3 is 6.18 Å². The van der Waals surface area contributed by atoms with Gasteiger partial charge in [0.1, 0.15) is 0 Å². The molecule has 0 aliphatic heterocycles. The Morgan fingerprint density at radius 3 is 1.00 bits per heavy atom. The monoisotopic (exact) mass is 178 g/mol. The van der Waals surface area contributed by atoms with E-state index in [9.17, 15) is 22.0 Å². The van der Waals surface area contributed by atoms with E-state index in [0.717, 1.165) is 20.8 Å². The molecule has 0 aromatic heterocycles. The molecule has 0 heterocycles. The van der Waals surface area contributed by atoms with E-state index in [0.29, 0.717) is 0 Å². The number of halogens is 5. The zero-order valence-electron chi connectivity index (χ0n) is 6.60. The van der Waals surface area contributed by atoms with Crippen LogP contribution in [0.3, 0.4) is 0 Å². The molecule has 0 aliphatic rings. The highest BCUT2D eigenvalue weighted by Crippen LogP contribution is 2.17. The summed E-state index contributed by atoms with van der Waals surface area (Å²) in [5.41, 5.74) is 0. The van der Waals surface area contributed by atoms with E-state index >= 15 is 0 Å². The summed E-state index contributed by atoms with van der Waals surface area (Å²) in [5.74, 6) is -2.50. The normalized spacial score (nSPS) is 12.0. The molecule has 0 aliphatic carbocycles. The summed E-state index contributed by atoms with van der Waals surface area (Å²) in [6.45, 7) is 2.79. The average molecular weight is 178 g/mol. The molecular weight excluding hydrogens is 167 g/mol. The minimum absolute atomic E-state index is 0.729. The number of hydrogen-bond donors (Lipinski definition) is 0. The molecule has 0 saturated carbocycles. The van der Waals surface area contributed by atoms with Gasteiger partial charge in [-0.3, -0.25) is 0 Å². The lowest BCUT2D eigenvalue weighted by Crippen LogP contribution is -2.02. The van der Waals surface area contributed by atoms with Gasteiger partial charge in [-0.15, -0.1) is 0 Å². The first-order valence-corrected chi connectivity index (χ1v) is 3.01. The van der Waals surface area contributed by atoms with Crippen LogP contribution in [0.5, 0.6) is 0 Å². The Kier molecular flexibility index (Phi) is 5.44. The highest BCUT2D eigenvalue weighted by atomic mass is 19.4. The van der Waals surface area contributed by atoms with Crippen molar-refractivity contribution < 1.29 is 22.0 Å². The van der Waals surface area contributed by atoms with E-state index in [-0.39, 0.29) is 0 Å². The van der Waals surface area contributed by atoms with Crippen LogP contribution in [0.15, 0.2) is 0 Å². The predicted molar refractivity (Wildman–Crippen MR) is 32.6 cm³/mol. The fourth-order valence-electron chi connectivity index (χ4n) is 0. The van der Waals surface area contributed by atoms with Crippen molar-refractivity contribution in [2.24, 2.45) is 0 Å². The summed E-state index contributed by atoms with van der Waals surface area (Å²) in [7, 11) is 0. The average Bonchev–Trinajstić information content (AvgIpc) is 1.59. The third-order valence-electron chi connectivity index (χ3n) is 0.401. The van der Waals surface area contributed by atoms with Crippen LogP contribution in [0.2, 0.25) is 0 Å². The molecule has 0 spiro atoms. The van der Waals surface area contributed by atoms with Crippen LogP contribution < -0.4 is 0 Å². The van der Waals surface area contributed by atoms with Crippen LogP contribution in [0.25, 0.3) is 0 Å². The maximum atomic E-state index is 11.0. The molecule has 0 bridgehead atoms. The van der Waals surface area contributed by atoms with E-state index in [1.54, 1.807) is 0 Å². The zero-order valence-corrected chi connectivity index (χ0v) is 6.60. The van der Waals surface area contributed by atoms with Crippen LogP contribution >= 0.6 is 0 Å². The Morgan fingerprint density at radius 1 is 0.909 bits per heavy atom. The van der Waals surface area contributed by atoms with Gasteiger partial charge in [0.2, 0.25) is 5.92 Å². The van der Waals surface area contributed by atoms with E-state index < -0.39 is 18.5 Å². The predicted octanol–water partition coefficient (Wildman–Crippen LogP) is 3.62. The van der Waals surface area contributed by atoms with Crippen molar-refractivity contribution in [3.63, 3.8) is 0 Å². The maximum Gasteiger partial charge on any atom is 0.388 e. The van der Waals surface area contributed by atoms with E-state index in [2.05, 4.69) is 0 Å². The van der Waals surface area contributed by atoms with Crippen molar-refractivity contribution in [1.82, 2.24) is 0 Å². The molecule has 0 aromatic carbocycles. The van der Waals surface area contributed by atoms with Crippen molar-refractivity contribution >= 4 is 0 Å². The summed E-state index contributed by atoms with van der Waals surface area (Å²) < 4.78 is 54.4. The highest BCUT2D eigenvalue weighted by Gasteiger charge is 2.22. The fraction of sp³-hybridized carbons (Fsp3) is 1.00. The van der Waals surface area contributed by atoms with Crippen molar-refractivity contribution in [3.05, 3.63) is 0 Å². The summed E-state index contributed by atoms with van der Waals surface area (Å²) in [5, 5.41) is 0. The lowest BCUT2D eigenvalue weighted by atomic mass is 10.5. The van der Waals surface area contributed by atoms with E-state index in [1.165, 1.54) is 0 Å². The number of alkyl halides is 5. The first-order chi connectivity index (χ1) is 4.56. The third kappa shape index (κ3) is 80.4. The zero-order chi connectivity index (χ0) is 9.71. The lowest BCUT2D eigenvalue weighted by molar-refractivity contribution is -0.130. The summed E-state index contributed by atoms with van der Waals surface area (Å²) >= 11 is 0. The Balaban J connectivity index is 0. The van der Waals surface area contributed by atoms with Gasteiger partial charge in [0.15, 0.2) is 0 Å². The number of rotatable bonds is 0. The van der Waals surface area contributed by atoms with E-state index in [4.69, 9.17) is 0 Å². The first kappa shape index (κ1) is 13.3. The van der Waals surface area contributed by atoms with Gasteiger partial charge in [-0.05, 0) is 13.8 Å². The third-order valence-corrected chi connectivity index (χ3v) is 0.401. The van der Waals surface area contributed by atoms with Crippen LogP contribution in [0.1, 0.15) is 27.2 Å². The molecule has 5 heteroatoms. The summed E-state index contributed by atoms with van der Waals surface area (Å²) in [6.07, 6.45) is -4.69. The molecule has 11 heavy (non-hydrogen) atoms. The first-order valence-electron chi connectivity index (χ1n) is 3.01. The Hall–Kier alpha value is -0.350. The second-order valence-electron chi connectivity index (χ2n) is 2.30. The number of hydrogen-bond acceptors (Lipinski definition) is 0. The second kappa shape index (κ2) is 4.51. The molecule has 0 amide bonds. The highest BCUT2D eigenvalue weighted by molar-refractivity contribution is 4.40. The van der Waals surface area contributed by atoms with Crippen LogP contribution in [-0.4, -0.2) is 12.1 Å². The van der Waals surface area contributed by atoms with E-state index in [1.807, 2.05) is 0 Å². The fourth-order valence-corrected chi connectivity index (χ4v) is 0. The van der Waals surface area contributed by atoms with Gasteiger partial charge < -0.3 is 0 Å². The Labute approximate surface area is 62.4 Å². The van der Waals surface area contributed by atoms with Crippen molar-refractivity contribution in [3.8, 4) is 0 Å². The molecule has 70 valence electrons. The topological polar surface area (TPSA) is 0 Å². The molecular formula is C6H11F5.